The van der Waals surface area contributed by atoms with Crippen LogP contribution in [0.25, 0.3) is 11.4 Å². The molecule has 176 valence electrons. The molecule has 1 aliphatic rings. The average Bonchev–Trinajstić information content (AvgIpc) is 3.47. The molecule has 1 aromatic carbocycles. The number of nitrogens with zero attached hydrogens (tertiary/aromatic N) is 5. The summed E-state index contributed by atoms with van der Waals surface area (Å²) in [6.07, 6.45) is -2.32. The van der Waals surface area contributed by atoms with Gasteiger partial charge in [-0.2, -0.15) is 18.2 Å². The molecule has 0 aliphatic carbocycles. The molecule has 2 aromatic heterocycles. The maximum Gasteiger partial charge on any atom is 0.416 e. The number of alkyl halides is 3. The predicted molar refractivity (Wildman–Crippen MR) is 115 cm³/mol. The highest BCUT2D eigenvalue weighted by atomic mass is 32.2. The first kappa shape index (κ1) is 23.5. The van der Waals surface area contributed by atoms with Crippen LogP contribution in [0.15, 0.2) is 46.6 Å². The molecule has 13 heteroatoms. The van der Waals surface area contributed by atoms with E-state index in [-0.39, 0.29) is 40.0 Å². The zero-order valence-electron chi connectivity index (χ0n) is 17.5. The lowest BCUT2D eigenvalue weighted by Gasteiger charge is -2.12. The van der Waals surface area contributed by atoms with E-state index in [1.807, 2.05) is 4.57 Å². The Bertz CT molecular complexity index is 1270. The van der Waals surface area contributed by atoms with Gasteiger partial charge in [-0.3, -0.25) is 0 Å². The molecule has 0 amide bonds. The van der Waals surface area contributed by atoms with Gasteiger partial charge in [-0.05, 0) is 25.5 Å². The summed E-state index contributed by atoms with van der Waals surface area (Å²) in [6.45, 7) is 5.94. The van der Waals surface area contributed by atoms with E-state index in [2.05, 4.69) is 26.9 Å². The highest BCUT2D eigenvalue weighted by Gasteiger charge is 2.34. The third kappa shape index (κ3) is 5.13. The minimum absolute atomic E-state index is 0.0342. The van der Waals surface area contributed by atoms with Crippen LogP contribution in [0.5, 0.6) is 0 Å². The molecule has 33 heavy (non-hydrogen) atoms. The number of halogens is 3. The molecule has 1 saturated heterocycles. The summed E-state index contributed by atoms with van der Waals surface area (Å²) in [4.78, 5) is 4.26. The van der Waals surface area contributed by atoms with Crippen LogP contribution in [0.4, 0.5) is 13.2 Å². The normalized spacial score (nSPS) is 19.0. The summed E-state index contributed by atoms with van der Waals surface area (Å²) in [5, 5.41) is 12.4. The van der Waals surface area contributed by atoms with Crippen molar-refractivity contribution < 1.29 is 26.1 Å². The minimum Gasteiger partial charge on any atom is -0.338 e. The summed E-state index contributed by atoms with van der Waals surface area (Å²) < 4.78 is 69.8. The molecule has 1 fully saturated rings. The maximum absolute atomic E-state index is 13.0. The fourth-order valence-electron chi connectivity index (χ4n) is 3.55. The van der Waals surface area contributed by atoms with Gasteiger partial charge in [0.25, 0.3) is 0 Å². The van der Waals surface area contributed by atoms with E-state index in [1.165, 1.54) is 23.9 Å². The molecule has 8 nitrogen and oxygen atoms in total. The summed E-state index contributed by atoms with van der Waals surface area (Å²) in [7, 11) is -3.09. The van der Waals surface area contributed by atoms with Gasteiger partial charge in [-0.25, -0.2) is 8.42 Å². The van der Waals surface area contributed by atoms with Crippen molar-refractivity contribution in [2.75, 3.05) is 11.5 Å². The largest absolute Gasteiger partial charge is 0.416 e. The highest BCUT2D eigenvalue weighted by Crippen LogP contribution is 2.37. The lowest BCUT2D eigenvalue weighted by atomic mass is 10.1. The maximum atomic E-state index is 13.0. The van der Waals surface area contributed by atoms with E-state index in [0.717, 1.165) is 12.1 Å². The van der Waals surface area contributed by atoms with Crippen molar-refractivity contribution in [2.45, 2.75) is 42.4 Å². The van der Waals surface area contributed by atoms with Gasteiger partial charge in [0.2, 0.25) is 11.7 Å². The summed E-state index contributed by atoms with van der Waals surface area (Å²) >= 11 is 1.27. The Kier molecular flexibility index (Phi) is 6.36. The van der Waals surface area contributed by atoms with Crippen LogP contribution in [0.3, 0.4) is 0 Å². The highest BCUT2D eigenvalue weighted by molar-refractivity contribution is 7.99. The van der Waals surface area contributed by atoms with Crippen LogP contribution >= 0.6 is 11.8 Å². The van der Waals surface area contributed by atoms with Crippen molar-refractivity contribution in [1.82, 2.24) is 24.9 Å². The van der Waals surface area contributed by atoms with Crippen LogP contribution in [0.1, 0.15) is 41.8 Å². The average molecular weight is 500 g/mol. The second-order valence-corrected chi connectivity index (χ2v) is 11.2. The summed E-state index contributed by atoms with van der Waals surface area (Å²) in [6, 6.07) is 4.71. The minimum atomic E-state index is -4.47. The Morgan fingerprint density at radius 1 is 1.36 bits per heavy atom. The van der Waals surface area contributed by atoms with Gasteiger partial charge < -0.3 is 9.09 Å². The number of thioether (sulfide) groups is 1. The number of hydrogen-bond donors (Lipinski definition) is 0. The number of aromatic nitrogens is 5. The monoisotopic (exact) mass is 499 g/mol. The second kappa shape index (κ2) is 8.93. The fraction of sp³-hybridized carbons (Fsp3) is 0.400. The Hall–Kier alpha value is -2.67. The SMILES string of the molecule is C=CCn1c(SC(C)c2nc(-c3cccc(C(F)(F)F)c3)no2)nnc1C1CCS(=O)(=O)C1. The fourth-order valence-corrected chi connectivity index (χ4v) is 6.18. The van der Waals surface area contributed by atoms with E-state index in [0.29, 0.717) is 23.9 Å². The molecule has 2 unspecified atom stereocenters. The number of hydrogen-bond acceptors (Lipinski definition) is 8. The van der Waals surface area contributed by atoms with Crippen molar-refractivity contribution in [3.05, 3.63) is 54.2 Å². The Morgan fingerprint density at radius 2 is 2.15 bits per heavy atom. The van der Waals surface area contributed by atoms with Gasteiger partial charge >= 0.3 is 6.18 Å². The van der Waals surface area contributed by atoms with E-state index in [1.54, 1.807) is 13.0 Å². The Labute approximate surface area is 192 Å². The third-order valence-corrected chi connectivity index (χ3v) is 8.01. The van der Waals surface area contributed by atoms with Gasteiger partial charge in [0.15, 0.2) is 15.0 Å². The van der Waals surface area contributed by atoms with Crippen molar-refractivity contribution in [2.24, 2.45) is 0 Å². The molecule has 0 N–H and O–H groups in total. The first-order valence-electron chi connectivity index (χ1n) is 9.99. The quantitative estimate of drug-likeness (QED) is 0.350. The first-order valence-corrected chi connectivity index (χ1v) is 12.7. The number of allylic oxidation sites excluding steroid dienone is 1. The molecular weight excluding hydrogens is 479 g/mol. The first-order chi connectivity index (χ1) is 15.6. The van der Waals surface area contributed by atoms with Crippen molar-refractivity contribution in [3.63, 3.8) is 0 Å². The van der Waals surface area contributed by atoms with E-state index < -0.39 is 21.6 Å². The van der Waals surface area contributed by atoms with Crippen LogP contribution in [-0.2, 0) is 22.6 Å². The lowest BCUT2D eigenvalue weighted by molar-refractivity contribution is -0.137. The molecule has 0 bridgehead atoms. The Balaban J connectivity index is 1.54. The molecule has 1 aliphatic heterocycles. The molecule has 2 atom stereocenters. The zero-order chi connectivity index (χ0) is 23.8. The van der Waals surface area contributed by atoms with Crippen LogP contribution in [0, 0.1) is 0 Å². The number of sulfone groups is 1. The van der Waals surface area contributed by atoms with Crippen LogP contribution in [0.2, 0.25) is 0 Å². The van der Waals surface area contributed by atoms with Gasteiger partial charge in [0.1, 0.15) is 5.82 Å². The van der Waals surface area contributed by atoms with Crippen LogP contribution in [-0.4, -0.2) is 44.8 Å². The van der Waals surface area contributed by atoms with Gasteiger partial charge in [0, 0.05) is 18.0 Å². The Morgan fingerprint density at radius 3 is 2.82 bits per heavy atom. The lowest BCUT2D eigenvalue weighted by Crippen LogP contribution is -2.11. The molecule has 3 heterocycles. The van der Waals surface area contributed by atoms with Gasteiger partial charge in [-0.1, -0.05) is 35.1 Å². The van der Waals surface area contributed by atoms with E-state index >= 15 is 0 Å². The molecule has 0 saturated carbocycles. The molecule has 4 rings (SSSR count). The van der Waals surface area contributed by atoms with E-state index in [9.17, 15) is 21.6 Å². The van der Waals surface area contributed by atoms with Gasteiger partial charge in [0.05, 0.1) is 22.3 Å². The predicted octanol–water partition coefficient (Wildman–Crippen LogP) is 4.29. The molecule has 0 radical (unpaired) electrons. The van der Waals surface area contributed by atoms with Crippen molar-refractivity contribution >= 4 is 21.6 Å². The van der Waals surface area contributed by atoms with E-state index in [4.69, 9.17) is 4.52 Å². The molecule has 3 aromatic rings. The van der Waals surface area contributed by atoms with Crippen LogP contribution < -0.4 is 0 Å². The van der Waals surface area contributed by atoms with Gasteiger partial charge in [-0.15, -0.1) is 16.8 Å². The summed E-state index contributed by atoms with van der Waals surface area (Å²) in [5.74, 6) is 0.770. The standard InChI is InChI=1S/C20H20F3N5O3S2/c1-3-8-28-17(14-7-9-33(29,30)11-14)25-26-19(28)32-12(2)18-24-16(27-31-18)13-5-4-6-15(10-13)20(21,22)23/h3-6,10,12,14H,1,7-9,11H2,2H3. The van der Waals surface area contributed by atoms with Crippen molar-refractivity contribution in [1.29, 1.82) is 0 Å². The second-order valence-electron chi connectivity index (χ2n) is 7.63. The molecular formula is C20H20F3N5O3S2. The smallest absolute Gasteiger partial charge is 0.338 e. The zero-order valence-corrected chi connectivity index (χ0v) is 19.1. The third-order valence-electron chi connectivity index (χ3n) is 5.17. The topological polar surface area (TPSA) is 104 Å². The molecule has 0 spiro atoms. The number of rotatable bonds is 7. The number of benzene rings is 1. The van der Waals surface area contributed by atoms with Crippen molar-refractivity contribution in [3.8, 4) is 11.4 Å². The summed E-state index contributed by atoms with van der Waals surface area (Å²) in [5.41, 5.74) is -0.607.